The van der Waals surface area contributed by atoms with Gasteiger partial charge in [-0.1, -0.05) is 12.1 Å². The number of aromatic nitrogens is 3. The van der Waals surface area contributed by atoms with Crippen LogP contribution < -0.4 is 16.4 Å². The van der Waals surface area contributed by atoms with Crippen molar-refractivity contribution in [2.45, 2.75) is 25.7 Å². The van der Waals surface area contributed by atoms with Gasteiger partial charge < -0.3 is 20.7 Å². The molecule has 0 unspecified atom stereocenters. The minimum absolute atomic E-state index is 0.181. The highest BCUT2D eigenvalue weighted by Gasteiger charge is 2.24. The van der Waals surface area contributed by atoms with Crippen molar-refractivity contribution in [2.75, 3.05) is 44.4 Å². The zero-order valence-corrected chi connectivity index (χ0v) is 20.6. The Hall–Kier alpha value is -3.82. The second kappa shape index (κ2) is 10.4. The van der Waals surface area contributed by atoms with E-state index in [1.54, 1.807) is 13.2 Å². The Labute approximate surface area is 210 Å². The van der Waals surface area contributed by atoms with E-state index in [0.29, 0.717) is 28.7 Å². The molecule has 0 bridgehead atoms. The lowest BCUT2D eigenvalue weighted by atomic mass is 9.89. The molecule has 3 aromatic rings. The number of nitrogens with two attached hydrogens (primary N) is 1. The van der Waals surface area contributed by atoms with Gasteiger partial charge in [-0.15, -0.1) is 0 Å². The molecule has 1 fully saturated rings. The molecule has 1 saturated heterocycles. The highest BCUT2D eigenvalue weighted by molar-refractivity contribution is 6.05. The lowest BCUT2D eigenvalue weighted by Crippen LogP contribution is -2.35. The summed E-state index contributed by atoms with van der Waals surface area (Å²) in [4.78, 5) is 28.3. The summed E-state index contributed by atoms with van der Waals surface area (Å²) in [7, 11) is 1.75. The van der Waals surface area contributed by atoms with Crippen LogP contribution in [0.3, 0.4) is 0 Å². The third kappa shape index (κ3) is 5.22. The molecule has 9 heteroatoms. The average Bonchev–Trinajstić information content (AvgIpc) is 2.87. The van der Waals surface area contributed by atoms with E-state index in [4.69, 9.17) is 15.5 Å². The Morgan fingerprint density at radius 2 is 1.83 bits per heavy atom. The number of fused-ring (bicyclic) bond motifs is 1. The molecule has 0 aliphatic carbocycles. The summed E-state index contributed by atoms with van der Waals surface area (Å²) in [6.45, 7) is 5.79. The van der Waals surface area contributed by atoms with Gasteiger partial charge in [-0.3, -0.25) is 4.79 Å². The van der Waals surface area contributed by atoms with Gasteiger partial charge in [-0.2, -0.15) is 0 Å². The third-order valence-electron chi connectivity index (χ3n) is 6.69. The van der Waals surface area contributed by atoms with Gasteiger partial charge in [0, 0.05) is 31.2 Å². The number of carbonyl (C=O) groups excluding carboxylic acids is 1. The molecule has 36 heavy (non-hydrogen) atoms. The molecule has 2 aliphatic heterocycles. The molecule has 0 atom stereocenters. The molecule has 185 valence electrons. The highest BCUT2D eigenvalue weighted by atomic mass is 16.5. The number of hydrogen-bond acceptors (Lipinski definition) is 8. The molecule has 1 amide bonds. The number of hydrogen-bond donors (Lipinski definition) is 2. The number of likely N-dealkylation sites (tertiary alicyclic amines) is 1. The summed E-state index contributed by atoms with van der Waals surface area (Å²) in [5.41, 5.74) is 11.2. The molecule has 5 rings (SSSR count). The summed E-state index contributed by atoms with van der Waals surface area (Å²) in [6.07, 6.45) is 5.58. The fraction of sp³-hybridized carbons (Fsp3) is 0.333. The zero-order valence-electron chi connectivity index (χ0n) is 20.6. The van der Waals surface area contributed by atoms with Gasteiger partial charge in [0.15, 0.2) is 0 Å². The minimum Gasteiger partial charge on any atom is -0.383 e. The maximum Gasteiger partial charge on any atom is 0.281 e. The van der Waals surface area contributed by atoms with Crippen LogP contribution in [0.1, 0.15) is 45.9 Å². The fourth-order valence-corrected chi connectivity index (χ4v) is 4.80. The molecule has 2 aliphatic rings. The van der Waals surface area contributed by atoms with Crippen LogP contribution in [0, 0.1) is 6.92 Å². The van der Waals surface area contributed by atoms with Crippen molar-refractivity contribution < 1.29 is 9.53 Å². The van der Waals surface area contributed by atoms with Gasteiger partial charge in [0.1, 0.15) is 5.82 Å². The quantitative estimate of drug-likeness (QED) is 0.521. The van der Waals surface area contributed by atoms with Gasteiger partial charge in [-0.25, -0.2) is 20.3 Å². The van der Waals surface area contributed by atoms with E-state index in [1.807, 2.05) is 31.2 Å². The van der Waals surface area contributed by atoms with Crippen molar-refractivity contribution in [3.63, 3.8) is 0 Å². The molecule has 1 aromatic carbocycles. The number of carbonyl (C=O) groups is 1. The van der Waals surface area contributed by atoms with Crippen LogP contribution >= 0.6 is 0 Å². The minimum atomic E-state index is -0.329. The second-order valence-corrected chi connectivity index (χ2v) is 9.18. The van der Waals surface area contributed by atoms with Crippen molar-refractivity contribution in [3.05, 3.63) is 65.0 Å². The number of piperidine rings is 1. The predicted octanol–water partition coefficient (Wildman–Crippen LogP) is 3.73. The van der Waals surface area contributed by atoms with Crippen LogP contribution in [0.25, 0.3) is 17.5 Å². The Morgan fingerprint density at radius 3 is 2.56 bits per heavy atom. The van der Waals surface area contributed by atoms with Crippen LogP contribution in [0.4, 0.5) is 17.5 Å². The molecule has 3 N–H and O–H groups in total. The number of anilines is 3. The zero-order chi connectivity index (χ0) is 25.1. The normalized spacial score (nSPS) is 16.0. The summed E-state index contributed by atoms with van der Waals surface area (Å²) in [5, 5.41) is 7.29. The first-order valence-electron chi connectivity index (χ1n) is 12.2. The van der Waals surface area contributed by atoms with Crippen molar-refractivity contribution in [3.8, 4) is 11.4 Å². The van der Waals surface area contributed by atoms with E-state index < -0.39 is 0 Å². The number of amides is 1. The molecule has 2 aromatic heterocycles. The second-order valence-electron chi connectivity index (χ2n) is 9.18. The van der Waals surface area contributed by atoms with Crippen molar-refractivity contribution in [1.29, 1.82) is 0 Å². The van der Waals surface area contributed by atoms with Gasteiger partial charge in [-0.05, 0) is 80.2 Å². The number of nitrogens with zero attached hydrogens (tertiary/aromatic N) is 5. The van der Waals surface area contributed by atoms with Gasteiger partial charge in [0.05, 0.1) is 23.6 Å². The van der Waals surface area contributed by atoms with Crippen LogP contribution in [0.2, 0.25) is 0 Å². The lowest BCUT2D eigenvalue weighted by Gasteiger charge is -2.32. The smallest absolute Gasteiger partial charge is 0.281 e. The van der Waals surface area contributed by atoms with Gasteiger partial charge >= 0.3 is 0 Å². The van der Waals surface area contributed by atoms with Crippen molar-refractivity contribution in [1.82, 2.24) is 25.2 Å². The number of aryl methyl sites for hydroxylation is 1. The fourth-order valence-electron chi connectivity index (χ4n) is 4.80. The van der Waals surface area contributed by atoms with Gasteiger partial charge in [0.25, 0.3) is 5.91 Å². The van der Waals surface area contributed by atoms with Crippen molar-refractivity contribution >= 4 is 29.4 Å². The number of rotatable bonds is 7. The van der Waals surface area contributed by atoms with E-state index in [2.05, 4.69) is 37.6 Å². The number of methoxy groups -OCH3 is 1. The van der Waals surface area contributed by atoms with Crippen LogP contribution in [0.5, 0.6) is 0 Å². The largest absolute Gasteiger partial charge is 0.383 e. The molecular formula is C27H30N7O2. The number of benzene rings is 1. The first-order valence-corrected chi connectivity index (χ1v) is 12.2. The molecular weight excluding hydrogens is 454 g/mol. The molecule has 4 heterocycles. The maximum atomic E-state index is 12.7. The van der Waals surface area contributed by atoms with E-state index in [-0.39, 0.29) is 11.9 Å². The van der Waals surface area contributed by atoms with E-state index in [0.717, 1.165) is 56.0 Å². The Bertz CT molecular complexity index is 1260. The van der Waals surface area contributed by atoms with Gasteiger partial charge in [0.2, 0.25) is 5.95 Å². The highest BCUT2D eigenvalue weighted by Crippen LogP contribution is 2.32. The molecule has 0 spiro atoms. The molecule has 9 nitrogen and oxygen atoms in total. The topological polar surface area (TPSA) is 120 Å². The summed E-state index contributed by atoms with van der Waals surface area (Å²) in [6, 6.07) is 12.1. The first-order chi connectivity index (χ1) is 17.5. The molecule has 1 radical (unpaired) electrons. The predicted molar refractivity (Wildman–Crippen MR) is 140 cm³/mol. The number of ether oxygens (including phenoxy) is 1. The monoisotopic (exact) mass is 484 g/mol. The Kier molecular flexibility index (Phi) is 6.92. The first kappa shape index (κ1) is 23.9. The van der Waals surface area contributed by atoms with E-state index >= 15 is 0 Å². The summed E-state index contributed by atoms with van der Waals surface area (Å²) >= 11 is 0. The van der Waals surface area contributed by atoms with Crippen LogP contribution in [-0.2, 0) is 4.74 Å². The lowest BCUT2D eigenvalue weighted by molar-refractivity contribution is 0.0965. The average molecular weight is 485 g/mol. The van der Waals surface area contributed by atoms with E-state index in [9.17, 15) is 4.79 Å². The SMILES string of the molecule is COCCN1CCC(c2ccc(Nc3nc(-c4cc(C)nc(N)n4)cc4c3C(=O)[N]C=C4)cc2)CC1. The number of pyridine rings is 1. The maximum absolute atomic E-state index is 12.7. The third-order valence-corrected chi connectivity index (χ3v) is 6.69. The number of nitrogens with one attached hydrogen (secondary N) is 1. The van der Waals surface area contributed by atoms with Crippen LogP contribution in [0.15, 0.2) is 42.6 Å². The Balaban J connectivity index is 1.38. The van der Waals surface area contributed by atoms with Crippen LogP contribution in [-0.4, -0.2) is 59.1 Å². The summed E-state index contributed by atoms with van der Waals surface area (Å²) < 4.78 is 5.21. The van der Waals surface area contributed by atoms with Crippen molar-refractivity contribution in [2.24, 2.45) is 0 Å². The summed E-state index contributed by atoms with van der Waals surface area (Å²) in [5.74, 6) is 0.837. The molecule has 0 saturated carbocycles. The number of nitrogen functional groups attached to an aromatic ring is 1. The van der Waals surface area contributed by atoms with E-state index in [1.165, 1.54) is 11.8 Å². The Morgan fingerprint density at radius 1 is 1.08 bits per heavy atom. The standard InChI is InChI=1S/C27H30N7O2/c1-17-15-22(33-27(28)30-17)23-16-20-7-10-29-26(35)24(20)25(32-23)31-21-5-3-18(4-6-21)19-8-11-34(12-9-19)13-14-36-2/h3-7,10,15-16,19H,8-9,11-14H2,1-2H3,(H,31,32)(H2,28,30,33).